The van der Waals surface area contributed by atoms with Crippen molar-refractivity contribution in [3.8, 4) is 0 Å². The summed E-state index contributed by atoms with van der Waals surface area (Å²) in [5.74, 6) is 2.09. The molecule has 60 valence electrons. The second-order valence-corrected chi connectivity index (χ2v) is 2.70. The Balaban J connectivity index is 2.38. The molecule has 2 heterocycles. The summed E-state index contributed by atoms with van der Waals surface area (Å²) < 4.78 is 2.14. The van der Waals surface area contributed by atoms with E-state index in [-0.39, 0.29) is 0 Å². The van der Waals surface area contributed by atoms with Gasteiger partial charge in [-0.3, -0.25) is 0 Å². The van der Waals surface area contributed by atoms with E-state index < -0.39 is 0 Å². The standard InChI is InChI=1S/C7H12N4/c8-4-6-10-5-7-9-2-1-3-11(6)7/h5,9H,1-4,8H2. The van der Waals surface area contributed by atoms with Crippen LogP contribution < -0.4 is 11.1 Å². The SMILES string of the molecule is NCc1ncc2n1CCCN2. The minimum Gasteiger partial charge on any atom is -0.370 e. The molecule has 0 saturated heterocycles. The molecule has 4 heteroatoms. The van der Waals surface area contributed by atoms with Gasteiger partial charge in [-0.05, 0) is 6.42 Å². The Morgan fingerprint density at radius 1 is 1.73 bits per heavy atom. The molecule has 1 aliphatic rings. The fraction of sp³-hybridized carbons (Fsp3) is 0.571. The monoisotopic (exact) mass is 152 g/mol. The van der Waals surface area contributed by atoms with Gasteiger partial charge in [0.05, 0.1) is 12.7 Å². The maximum atomic E-state index is 5.51. The molecule has 0 bridgehead atoms. The number of anilines is 1. The minimum atomic E-state index is 0.529. The molecule has 0 saturated carbocycles. The van der Waals surface area contributed by atoms with Crippen LogP contribution in [-0.4, -0.2) is 16.1 Å². The van der Waals surface area contributed by atoms with E-state index in [1.165, 1.54) is 0 Å². The van der Waals surface area contributed by atoms with Crippen LogP contribution in [0.1, 0.15) is 12.2 Å². The summed E-state index contributed by atoms with van der Waals surface area (Å²) in [4.78, 5) is 4.19. The summed E-state index contributed by atoms with van der Waals surface area (Å²) >= 11 is 0. The van der Waals surface area contributed by atoms with Gasteiger partial charge in [0.1, 0.15) is 11.6 Å². The third-order valence-electron chi connectivity index (χ3n) is 1.99. The Bertz CT molecular complexity index is 239. The number of imidazole rings is 1. The highest BCUT2D eigenvalue weighted by molar-refractivity contribution is 5.36. The Kier molecular flexibility index (Phi) is 1.54. The summed E-state index contributed by atoms with van der Waals surface area (Å²) in [5.41, 5.74) is 5.51. The van der Waals surface area contributed by atoms with Gasteiger partial charge in [0.25, 0.3) is 0 Å². The molecule has 0 radical (unpaired) electrons. The van der Waals surface area contributed by atoms with Gasteiger partial charge in [-0.1, -0.05) is 0 Å². The summed E-state index contributed by atoms with van der Waals surface area (Å²) in [7, 11) is 0. The number of aromatic nitrogens is 2. The number of rotatable bonds is 1. The van der Waals surface area contributed by atoms with Gasteiger partial charge in [-0.15, -0.1) is 0 Å². The molecule has 0 fully saturated rings. The molecule has 2 rings (SSSR count). The fourth-order valence-corrected chi connectivity index (χ4v) is 1.42. The van der Waals surface area contributed by atoms with E-state index in [2.05, 4.69) is 14.9 Å². The van der Waals surface area contributed by atoms with Crippen molar-refractivity contribution < 1.29 is 0 Å². The summed E-state index contributed by atoms with van der Waals surface area (Å²) in [5, 5.41) is 3.26. The van der Waals surface area contributed by atoms with Crippen LogP contribution in [0, 0.1) is 0 Å². The van der Waals surface area contributed by atoms with Crippen molar-refractivity contribution in [2.24, 2.45) is 5.73 Å². The number of hydrogen-bond acceptors (Lipinski definition) is 3. The van der Waals surface area contributed by atoms with Crippen molar-refractivity contribution in [1.82, 2.24) is 9.55 Å². The van der Waals surface area contributed by atoms with Gasteiger partial charge in [-0.2, -0.15) is 0 Å². The van der Waals surface area contributed by atoms with Crippen molar-refractivity contribution in [2.45, 2.75) is 19.5 Å². The topological polar surface area (TPSA) is 55.9 Å². The van der Waals surface area contributed by atoms with Crippen LogP contribution in [0.15, 0.2) is 6.20 Å². The first-order valence-corrected chi connectivity index (χ1v) is 3.90. The van der Waals surface area contributed by atoms with Gasteiger partial charge in [0.15, 0.2) is 0 Å². The average molecular weight is 152 g/mol. The predicted octanol–water partition coefficient (Wildman–Crippen LogP) is 0.157. The molecule has 1 aliphatic heterocycles. The molecule has 0 aliphatic carbocycles. The van der Waals surface area contributed by atoms with Crippen LogP contribution in [0.25, 0.3) is 0 Å². The lowest BCUT2D eigenvalue weighted by molar-refractivity contribution is 0.600. The quantitative estimate of drug-likeness (QED) is 0.602. The largest absolute Gasteiger partial charge is 0.370 e. The molecule has 0 unspecified atom stereocenters. The third-order valence-corrected chi connectivity index (χ3v) is 1.99. The van der Waals surface area contributed by atoms with Crippen molar-refractivity contribution in [3.05, 3.63) is 12.0 Å². The third kappa shape index (κ3) is 0.991. The Labute approximate surface area is 65.4 Å². The van der Waals surface area contributed by atoms with Crippen LogP contribution in [-0.2, 0) is 13.1 Å². The molecule has 1 aromatic rings. The molecule has 0 amide bonds. The normalized spacial score (nSPS) is 15.7. The van der Waals surface area contributed by atoms with Crippen LogP contribution >= 0.6 is 0 Å². The number of nitrogens with two attached hydrogens (primary N) is 1. The van der Waals surface area contributed by atoms with Gasteiger partial charge in [0, 0.05) is 13.1 Å². The van der Waals surface area contributed by atoms with Crippen LogP contribution in [0.2, 0.25) is 0 Å². The van der Waals surface area contributed by atoms with Gasteiger partial charge < -0.3 is 15.6 Å². The van der Waals surface area contributed by atoms with E-state index >= 15 is 0 Å². The highest BCUT2D eigenvalue weighted by atomic mass is 15.2. The Morgan fingerprint density at radius 2 is 2.64 bits per heavy atom. The molecule has 0 spiro atoms. The average Bonchev–Trinajstić information content (AvgIpc) is 2.47. The second kappa shape index (κ2) is 2.54. The number of hydrogen-bond donors (Lipinski definition) is 2. The molecule has 11 heavy (non-hydrogen) atoms. The smallest absolute Gasteiger partial charge is 0.126 e. The van der Waals surface area contributed by atoms with Crippen molar-refractivity contribution >= 4 is 5.82 Å². The zero-order valence-corrected chi connectivity index (χ0v) is 6.38. The summed E-state index contributed by atoms with van der Waals surface area (Å²) in [6, 6.07) is 0. The predicted molar refractivity (Wildman–Crippen MR) is 43.2 cm³/mol. The fourth-order valence-electron chi connectivity index (χ4n) is 1.42. The number of nitrogens with zero attached hydrogens (tertiary/aromatic N) is 2. The molecule has 0 aromatic carbocycles. The molecule has 0 atom stereocenters. The van der Waals surface area contributed by atoms with Crippen molar-refractivity contribution in [3.63, 3.8) is 0 Å². The molecule has 4 nitrogen and oxygen atoms in total. The van der Waals surface area contributed by atoms with Gasteiger partial charge in [-0.25, -0.2) is 4.98 Å². The van der Waals surface area contributed by atoms with E-state index in [9.17, 15) is 0 Å². The maximum absolute atomic E-state index is 5.51. The highest BCUT2D eigenvalue weighted by Gasteiger charge is 2.10. The second-order valence-electron chi connectivity index (χ2n) is 2.70. The van der Waals surface area contributed by atoms with Crippen molar-refractivity contribution in [2.75, 3.05) is 11.9 Å². The first-order valence-electron chi connectivity index (χ1n) is 3.90. The van der Waals surface area contributed by atoms with Crippen molar-refractivity contribution in [1.29, 1.82) is 0 Å². The zero-order valence-electron chi connectivity index (χ0n) is 6.38. The van der Waals surface area contributed by atoms with E-state index in [0.29, 0.717) is 6.54 Å². The lowest BCUT2D eigenvalue weighted by Gasteiger charge is -2.17. The van der Waals surface area contributed by atoms with E-state index in [1.807, 2.05) is 6.20 Å². The first kappa shape index (κ1) is 6.67. The molecular formula is C7H12N4. The van der Waals surface area contributed by atoms with Gasteiger partial charge in [0.2, 0.25) is 0 Å². The van der Waals surface area contributed by atoms with E-state index in [1.54, 1.807) is 0 Å². The number of nitrogens with one attached hydrogen (secondary N) is 1. The summed E-state index contributed by atoms with van der Waals surface area (Å²) in [6.07, 6.45) is 3.01. The lowest BCUT2D eigenvalue weighted by Crippen LogP contribution is -2.19. The lowest BCUT2D eigenvalue weighted by atomic mass is 10.3. The number of fused-ring (bicyclic) bond motifs is 1. The minimum absolute atomic E-state index is 0.529. The Hall–Kier alpha value is -1.03. The van der Waals surface area contributed by atoms with Crippen LogP contribution in [0.5, 0.6) is 0 Å². The van der Waals surface area contributed by atoms with E-state index in [0.717, 1.165) is 31.2 Å². The molecule has 3 N–H and O–H groups in total. The van der Waals surface area contributed by atoms with Crippen LogP contribution in [0.3, 0.4) is 0 Å². The highest BCUT2D eigenvalue weighted by Crippen LogP contribution is 2.15. The van der Waals surface area contributed by atoms with Gasteiger partial charge >= 0.3 is 0 Å². The maximum Gasteiger partial charge on any atom is 0.126 e. The summed E-state index contributed by atoms with van der Waals surface area (Å²) in [6.45, 7) is 2.63. The first-order chi connectivity index (χ1) is 5.42. The zero-order chi connectivity index (χ0) is 7.68. The van der Waals surface area contributed by atoms with E-state index in [4.69, 9.17) is 5.73 Å². The van der Waals surface area contributed by atoms with Crippen LogP contribution in [0.4, 0.5) is 5.82 Å². The Morgan fingerprint density at radius 3 is 3.45 bits per heavy atom. The molecular weight excluding hydrogens is 140 g/mol. The molecule has 1 aromatic heterocycles.